The number of hydrogen-bond acceptors (Lipinski definition) is 5. The molecule has 0 atom stereocenters. The van der Waals surface area contributed by atoms with E-state index in [0.717, 1.165) is 0 Å². The highest BCUT2D eigenvalue weighted by Gasteiger charge is 2.21. The quantitative estimate of drug-likeness (QED) is 0.490. The second-order valence-electron chi connectivity index (χ2n) is 5.71. The summed E-state index contributed by atoms with van der Waals surface area (Å²) in [6.07, 6.45) is 0. The highest BCUT2D eigenvalue weighted by atomic mass is 16.6. The number of para-hydroxylation sites is 2. The molecule has 0 aliphatic rings. The zero-order valence-corrected chi connectivity index (χ0v) is 14.1. The number of ether oxygens (including phenoxy) is 2. The van der Waals surface area contributed by atoms with Crippen LogP contribution in [0.1, 0.15) is 10.4 Å². The van der Waals surface area contributed by atoms with Crippen LogP contribution in [0.5, 0.6) is 17.4 Å². The molecule has 5 heteroatoms. The Kier molecular flexibility index (Phi) is 4.41. The van der Waals surface area contributed by atoms with E-state index < -0.39 is 11.4 Å². The van der Waals surface area contributed by atoms with Crippen LogP contribution in [0, 0.1) is 0 Å². The topological polar surface area (TPSA) is 65.7 Å². The number of carbonyl (C=O) groups is 1. The van der Waals surface area contributed by atoms with Gasteiger partial charge in [-0.2, -0.15) is 0 Å². The van der Waals surface area contributed by atoms with Crippen LogP contribution in [0.25, 0.3) is 11.0 Å². The summed E-state index contributed by atoms with van der Waals surface area (Å²) in [5.74, 6) is -0.676. The lowest BCUT2D eigenvalue weighted by atomic mass is 10.2. The van der Waals surface area contributed by atoms with E-state index in [2.05, 4.69) is 0 Å². The Morgan fingerprint density at radius 1 is 0.778 bits per heavy atom. The third-order valence-electron chi connectivity index (χ3n) is 3.88. The monoisotopic (exact) mass is 358 g/mol. The van der Waals surface area contributed by atoms with Crippen molar-refractivity contribution < 1.29 is 18.7 Å². The van der Waals surface area contributed by atoms with E-state index in [4.69, 9.17) is 13.9 Å². The highest BCUT2D eigenvalue weighted by molar-refractivity contribution is 5.91. The van der Waals surface area contributed by atoms with Crippen molar-refractivity contribution >= 4 is 16.9 Å². The van der Waals surface area contributed by atoms with Crippen molar-refractivity contribution in [3.05, 3.63) is 101 Å². The standard InChI is InChI=1S/C22H14O5/c23-19-17-13-7-8-14-18(17)26-22(20(19)25-16-11-5-2-6-12-16)27-21(24)15-9-3-1-4-10-15/h1-14H. The number of fused-ring (bicyclic) bond motifs is 1. The third-order valence-corrected chi connectivity index (χ3v) is 3.88. The molecule has 0 unspecified atom stereocenters. The summed E-state index contributed by atoms with van der Waals surface area (Å²) in [5, 5.41) is 0.336. The van der Waals surface area contributed by atoms with E-state index >= 15 is 0 Å². The summed E-state index contributed by atoms with van der Waals surface area (Å²) < 4.78 is 16.7. The molecule has 4 aromatic rings. The molecule has 0 radical (unpaired) electrons. The van der Waals surface area contributed by atoms with Gasteiger partial charge in [-0.25, -0.2) is 4.79 Å². The average Bonchev–Trinajstić information content (AvgIpc) is 2.72. The van der Waals surface area contributed by atoms with Crippen molar-refractivity contribution in [3.8, 4) is 17.4 Å². The predicted octanol–water partition coefficient (Wildman–Crippen LogP) is 4.80. The first-order valence-corrected chi connectivity index (χ1v) is 8.28. The normalized spacial score (nSPS) is 10.5. The summed E-state index contributed by atoms with van der Waals surface area (Å²) >= 11 is 0. The fraction of sp³-hybridized carbons (Fsp3) is 0. The molecule has 1 heterocycles. The lowest BCUT2D eigenvalue weighted by molar-refractivity contribution is 0.0687. The van der Waals surface area contributed by atoms with Gasteiger partial charge in [0.25, 0.3) is 5.75 Å². The van der Waals surface area contributed by atoms with Crippen molar-refractivity contribution in [1.82, 2.24) is 0 Å². The summed E-state index contributed by atoms with van der Waals surface area (Å²) in [6, 6.07) is 23.9. The van der Waals surface area contributed by atoms with E-state index in [0.29, 0.717) is 22.3 Å². The molecule has 0 amide bonds. The van der Waals surface area contributed by atoms with Crippen molar-refractivity contribution in [2.75, 3.05) is 0 Å². The van der Waals surface area contributed by atoms with Gasteiger partial charge >= 0.3 is 11.9 Å². The van der Waals surface area contributed by atoms with Crippen molar-refractivity contribution in [2.45, 2.75) is 0 Å². The maximum atomic E-state index is 12.9. The van der Waals surface area contributed by atoms with Crippen LogP contribution in [0.3, 0.4) is 0 Å². The minimum atomic E-state index is -0.646. The van der Waals surface area contributed by atoms with Crippen LogP contribution in [-0.4, -0.2) is 5.97 Å². The predicted molar refractivity (Wildman–Crippen MR) is 100 cm³/mol. The zero-order valence-electron chi connectivity index (χ0n) is 14.1. The molecule has 5 nitrogen and oxygen atoms in total. The van der Waals surface area contributed by atoms with Gasteiger partial charge < -0.3 is 13.9 Å². The molecule has 4 rings (SSSR count). The van der Waals surface area contributed by atoms with Gasteiger partial charge in [0.15, 0.2) is 0 Å². The molecule has 1 aromatic heterocycles. The van der Waals surface area contributed by atoms with Gasteiger partial charge in [-0.1, -0.05) is 48.5 Å². The smallest absolute Gasteiger partial charge is 0.346 e. The lowest BCUT2D eigenvalue weighted by Crippen LogP contribution is -2.13. The minimum Gasteiger partial charge on any atom is -0.446 e. The Hall–Kier alpha value is -3.86. The van der Waals surface area contributed by atoms with Gasteiger partial charge in [0.2, 0.25) is 5.43 Å². The summed E-state index contributed by atoms with van der Waals surface area (Å²) in [5.41, 5.74) is 0.217. The molecule has 0 aliphatic heterocycles. The van der Waals surface area contributed by atoms with Gasteiger partial charge in [-0.05, 0) is 36.4 Å². The molecule has 0 bridgehead atoms. The Morgan fingerprint density at radius 2 is 1.41 bits per heavy atom. The molecular formula is C22H14O5. The Labute approximate surface area is 154 Å². The van der Waals surface area contributed by atoms with Crippen molar-refractivity contribution in [3.63, 3.8) is 0 Å². The molecule has 0 aliphatic carbocycles. The van der Waals surface area contributed by atoms with Gasteiger partial charge in [0, 0.05) is 0 Å². The Balaban J connectivity index is 1.81. The molecule has 0 N–H and O–H groups in total. The fourth-order valence-corrected chi connectivity index (χ4v) is 2.58. The summed E-state index contributed by atoms with van der Waals surface area (Å²) in [6.45, 7) is 0. The maximum absolute atomic E-state index is 12.9. The highest BCUT2D eigenvalue weighted by Crippen LogP contribution is 2.32. The maximum Gasteiger partial charge on any atom is 0.346 e. The number of carbonyl (C=O) groups excluding carboxylic acids is 1. The van der Waals surface area contributed by atoms with E-state index in [1.54, 1.807) is 78.9 Å². The van der Waals surface area contributed by atoms with Crippen molar-refractivity contribution in [2.24, 2.45) is 0 Å². The first-order chi connectivity index (χ1) is 13.2. The molecule has 27 heavy (non-hydrogen) atoms. The van der Waals surface area contributed by atoms with E-state index in [1.807, 2.05) is 6.07 Å². The fourth-order valence-electron chi connectivity index (χ4n) is 2.58. The second-order valence-corrected chi connectivity index (χ2v) is 5.71. The Morgan fingerprint density at radius 3 is 2.15 bits per heavy atom. The van der Waals surface area contributed by atoms with E-state index in [9.17, 15) is 9.59 Å². The molecule has 3 aromatic carbocycles. The van der Waals surface area contributed by atoms with Crippen LogP contribution >= 0.6 is 0 Å². The van der Waals surface area contributed by atoms with E-state index in [-0.39, 0.29) is 11.7 Å². The minimum absolute atomic E-state index is 0.177. The molecule has 0 saturated heterocycles. The second kappa shape index (κ2) is 7.17. The van der Waals surface area contributed by atoms with E-state index in [1.165, 1.54) is 0 Å². The zero-order chi connectivity index (χ0) is 18.6. The SMILES string of the molecule is O=C(Oc1oc2ccccc2c(=O)c1Oc1ccccc1)c1ccccc1. The van der Waals surface area contributed by atoms with Gasteiger partial charge in [-0.3, -0.25) is 4.79 Å². The van der Waals surface area contributed by atoms with Crippen LogP contribution < -0.4 is 14.9 Å². The number of benzene rings is 3. The van der Waals surface area contributed by atoms with Crippen LogP contribution in [0.4, 0.5) is 0 Å². The lowest BCUT2D eigenvalue weighted by Gasteiger charge is -2.11. The number of hydrogen-bond donors (Lipinski definition) is 0. The van der Waals surface area contributed by atoms with Crippen LogP contribution in [0.15, 0.2) is 94.1 Å². The van der Waals surface area contributed by atoms with Crippen molar-refractivity contribution in [1.29, 1.82) is 0 Å². The number of esters is 1. The number of rotatable bonds is 4. The summed E-state index contributed by atoms with van der Waals surface area (Å²) in [4.78, 5) is 25.3. The average molecular weight is 358 g/mol. The van der Waals surface area contributed by atoms with Gasteiger partial charge in [0.05, 0.1) is 10.9 Å². The van der Waals surface area contributed by atoms with Crippen LogP contribution in [-0.2, 0) is 0 Å². The molecular weight excluding hydrogens is 344 g/mol. The largest absolute Gasteiger partial charge is 0.446 e. The molecule has 0 saturated carbocycles. The molecule has 0 fully saturated rings. The first kappa shape index (κ1) is 16.6. The Bertz CT molecular complexity index is 1150. The summed E-state index contributed by atoms with van der Waals surface area (Å²) in [7, 11) is 0. The van der Waals surface area contributed by atoms with Crippen LogP contribution in [0.2, 0.25) is 0 Å². The first-order valence-electron chi connectivity index (χ1n) is 8.28. The molecule has 0 spiro atoms. The van der Waals surface area contributed by atoms with Gasteiger partial charge in [0.1, 0.15) is 11.3 Å². The third kappa shape index (κ3) is 3.43. The molecule has 132 valence electrons. The van der Waals surface area contributed by atoms with Gasteiger partial charge in [-0.15, -0.1) is 0 Å².